The smallest absolute Gasteiger partial charge is 0.159 e. The number of carbonyl (C=O) groups excluding carboxylic acids is 1. The van der Waals surface area contributed by atoms with Gasteiger partial charge in [-0.05, 0) is 37.6 Å². The maximum Gasteiger partial charge on any atom is 0.159 e. The molecule has 0 spiro atoms. The Hall–Kier alpha value is -2.48. The summed E-state index contributed by atoms with van der Waals surface area (Å²) in [5.74, 6) is 1.67. The van der Waals surface area contributed by atoms with Crippen molar-refractivity contribution in [2.75, 3.05) is 28.8 Å². The van der Waals surface area contributed by atoms with Gasteiger partial charge >= 0.3 is 0 Å². The van der Waals surface area contributed by atoms with Gasteiger partial charge in [0.05, 0.1) is 11.5 Å². The van der Waals surface area contributed by atoms with E-state index in [0.717, 1.165) is 5.69 Å². The van der Waals surface area contributed by atoms with Gasteiger partial charge in [-0.1, -0.05) is 0 Å². The second-order valence-electron chi connectivity index (χ2n) is 6.19. The molecular formula is C17H20N4O3S. The predicted octanol–water partition coefficient (Wildman–Crippen LogP) is 2.05. The summed E-state index contributed by atoms with van der Waals surface area (Å²) in [6.45, 7) is 1.53. The van der Waals surface area contributed by atoms with Gasteiger partial charge in [-0.3, -0.25) is 4.79 Å². The Morgan fingerprint density at radius 1 is 1.24 bits per heavy atom. The average molecular weight is 360 g/mol. The first-order valence-corrected chi connectivity index (χ1v) is 9.79. The van der Waals surface area contributed by atoms with E-state index in [1.165, 1.54) is 13.3 Å². The summed E-state index contributed by atoms with van der Waals surface area (Å²) in [4.78, 5) is 21.6. The molecule has 1 fully saturated rings. The van der Waals surface area contributed by atoms with Crippen molar-refractivity contribution >= 4 is 32.9 Å². The lowest BCUT2D eigenvalue weighted by atomic mass is 10.1. The second kappa shape index (κ2) is 6.79. The monoisotopic (exact) mass is 360 g/mol. The van der Waals surface area contributed by atoms with Gasteiger partial charge in [0.1, 0.15) is 18.0 Å². The lowest BCUT2D eigenvalue weighted by Gasteiger charge is -2.24. The molecule has 1 aliphatic heterocycles. The van der Waals surface area contributed by atoms with Gasteiger partial charge in [-0.2, -0.15) is 0 Å². The first kappa shape index (κ1) is 17.3. The molecule has 0 aliphatic carbocycles. The summed E-state index contributed by atoms with van der Waals surface area (Å²) in [6, 6.07) is 8.84. The Labute approximate surface area is 147 Å². The Kier molecular flexibility index (Phi) is 4.71. The zero-order chi connectivity index (χ0) is 18.0. The van der Waals surface area contributed by atoms with Crippen LogP contribution in [0.4, 0.5) is 17.3 Å². The quantitative estimate of drug-likeness (QED) is 0.816. The first-order chi connectivity index (χ1) is 11.8. The van der Waals surface area contributed by atoms with Crippen LogP contribution >= 0.6 is 0 Å². The highest BCUT2D eigenvalue weighted by atomic mass is 32.2. The summed E-state index contributed by atoms with van der Waals surface area (Å²) in [5, 5.41) is 3.16. The molecule has 25 heavy (non-hydrogen) atoms. The first-order valence-electron chi connectivity index (χ1n) is 7.97. The highest BCUT2D eigenvalue weighted by Crippen LogP contribution is 2.23. The maximum atomic E-state index is 11.7. The van der Waals surface area contributed by atoms with E-state index in [4.69, 9.17) is 0 Å². The van der Waals surface area contributed by atoms with E-state index >= 15 is 0 Å². The Bertz CT molecular complexity index is 881. The number of Topliss-reactive ketones (excluding diaryl/α,β-unsaturated/α-hetero) is 1. The number of hydrogen-bond donors (Lipinski definition) is 1. The molecule has 7 nitrogen and oxygen atoms in total. The number of nitrogens with one attached hydrogen (secondary N) is 1. The minimum Gasteiger partial charge on any atom is -0.355 e. The summed E-state index contributed by atoms with van der Waals surface area (Å²) in [5.41, 5.74) is 1.46. The molecule has 0 radical (unpaired) electrons. The van der Waals surface area contributed by atoms with Gasteiger partial charge in [-0.15, -0.1) is 0 Å². The Morgan fingerprint density at radius 3 is 2.56 bits per heavy atom. The summed E-state index contributed by atoms with van der Waals surface area (Å²) in [7, 11) is -1.10. The van der Waals surface area contributed by atoms with Crippen LogP contribution < -0.4 is 10.2 Å². The van der Waals surface area contributed by atoms with Crippen molar-refractivity contribution in [2.24, 2.45) is 0 Å². The fourth-order valence-corrected chi connectivity index (χ4v) is 4.59. The number of benzene rings is 1. The molecule has 2 heterocycles. The van der Waals surface area contributed by atoms with E-state index in [-0.39, 0.29) is 23.3 Å². The van der Waals surface area contributed by atoms with Crippen LogP contribution in [-0.4, -0.2) is 48.8 Å². The number of carbonyl (C=O) groups is 1. The molecule has 1 aliphatic rings. The number of hydrogen-bond acceptors (Lipinski definition) is 7. The molecule has 2 aromatic rings. The van der Waals surface area contributed by atoms with Gasteiger partial charge in [0.2, 0.25) is 0 Å². The van der Waals surface area contributed by atoms with Crippen molar-refractivity contribution in [1.29, 1.82) is 0 Å². The normalized spacial score (nSPS) is 18.7. The van der Waals surface area contributed by atoms with E-state index < -0.39 is 9.84 Å². The van der Waals surface area contributed by atoms with Crippen LogP contribution in [0.2, 0.25) is 0 Å². The third-order valence-electron chi connectivity index (χ3n) is 4.33. The zero-order valence-corrected chi connectivity index (χ0v) is 15.0. The van der Waals surface area contributed by atoms with Crippen LogP contribution in [-0.2, 0) is 9.84 Å². The van der Waals surface area contributed by atoms with Crippen molar-refractivity contribution in [3.8, 4) is 0 Å². The molecule has 1 aromatic heterocycles. The highest BCUT2D eigenvalue weighted by molar-refractivity contribution is 7.91. The number of nitrogens with zero attached hydrogens (tertiary/aromatic N) is 3. The largest absolute Gasteiger partial charge is 0.355 e. The van der Waals surface area contributed by atoms with Crippen LogP contribution in [0.15, 0.2) is 36.7 Å². The molecule has 0 saturated carbocycles. The molecule has 1 atom stereocenters. The fourth-order valence-electron chi connectivity index (χ4n) is 2.81. The summed E-state index contributed by atoms with van der Waals surface area (Å²) >= 11 is 0. The number of rotatable bonds is 5. The third-order valence-corrected chi connectivity index (χ3v) is 6.08. The minimum atomic E-state index is -2.95. The molecule has 8 heteroatoms. The van der Waals surface area contributed by atoms with Crippen molar-refractivity contribution in [2.45, 2.75) is 19.4 Å². The van der Waals surface area contributed by atoms with E-state index in [1.54, 1.807) is 18.2 Å². The van der Waals surface area contributed by atoms with Crippen molar-refractivity contribution in [1.82, 2.24) is 9.97 Å². The zero-order valence-electron chi connectivity index (χ0n) is 14.1. The lowest BCUT2D eigenvalue weighted by Crippen LogP contribution is -2.33. The van der Waals surface area contributed by atoms with Crippen LogP contribution in [0.5, 0.6) is 0 Å². The molecule has 132 valence electrons. The Balaban J connectivity index is 1.74. The topological polar surface area (TPSA) is 92.3 Å². The highest BCUT2D eigenvalue weighted by Gasteiger charge is 2.31. The van der Waals surface area contributed by atoms with Gasteiger partial charge in [-0.25, -0.2) is 18.4 Å². The van der Waals surface area contributed by atoms with Crippen LogP contribution in [0.25, 0.3) is 0 Å². The third kappa shape index (κ3) is 4.14. The SMILES string of the molecule is CC(=O)c1ccc(Nc2cc(N(C)C3CCS(=O)(=O)C3)ncn2)cc1. The van der Waals surface area contributed by atoms with Crippen molar-refractivity contribution < 1.29 is 13.2 Å². The van der Waals surface area contributed by atoms with E-state index in [0.29, 0.717) is 23.6 Å². The van der Waals surface area contributed by atoms with Gasteiger partial charge in [0.15, 0.2) is 15.6 Å². The van der Waals surface area contributed by atoms with Gasteiger partial charge in [0, 0.05) is 30.4 Å². The maximum absolute atomic E-state index is 11.7. The van der Waals surface area contributed by atoms with Crippen LogP contribution in [0.1, 0.15) is 23.7 Å². The molecule has 1 saturated heterocycles. The van der Waals surface area contributed by atoms with Gasteiger partial charge < -0.3 is 10.2 Å². The van der Waals surface area contributed by atoms with Gasteiger partial charge in [0.25, 0.3) is 0 Å². The fraction of sp³-hybridized carbons (Fsp3) is 0.353. The van der Waals surface area contributed by atoms with Crippen molar-refractivity contribution in [3.63, 3.8) is 0 Å². The average Bonchev–Trinajstić information content (AvgIpc) is 2.95. The van der Waals surface area contributed by atoms with Crippen molar-refractivity contribution in [3.05, 3.63) is 42.2 Å². The summed E-state index contributed by atoms with van der Waals surface area (Å²) in [6.07, 6.45) is 2.06. The predicted molar refractivity (Wildman–Crippen MR) is 97.2 cm³/mol. The number of ketones is 1. The number of anilines is 3. The van der Waals surface area contributed by atoms with E-state index in [2.05, 4.69) is 15.3 Å². The minimum absolute atomic E-state index is 0.0176. The van der Waals surface area contributed by atoms with Crippen LogP contribution in [0.3, 0.4) is 0 Å². The number of sulfone groups is 1. The second-order valence-corrected chi connectivity index (χ2v) is 8.42. The molecule has 1 N–H and O–H groups in total. The van der Waals surface area contributed by atoms with Crippen LogP contribution in [0, 0.1) is 0 Å². The molecular weight excluding hydrogens is 340 g/mol. The van der Waals surface area contributed by atoms with E-state index in [1.807, 2.05) is 24.1 Å². The lowest BCUT2D eigenvalue weighted by molar-refractivity contribution is 0.101. The molecule has 0 amide bonds. The molecule has 3 rings (SSSR count). The van der Waals surface area contributed by atoms with E-state index in [9.17, 15) is 13.2 Å². The Morgan fingerprint density at radius 2 is 1.96 bits per heavy atom. The molecule has 0 bridgehead atoms. The molecule has 1 aromatic carbocycles. The number of aromatic nitrogens is 2. The molecule has 1 unspecified atom stereocenters. The summed E-state index contributed by atoms with van der Waals surface area (Å²) < 4.78 is 23.3. The standard InChI is InChI=1S/C17H20N4O3S/c1-12(22)13-3-5-14(6-4-13)20-16-9-17(19-11-18-16)21(2)15-7-8-25(23,24)10-15/h3-6,9,11,15H,7-8,10H2,1-2H3,(H,18,19,20).